The van der Waals surface area contributed by atoms with Gasteiger partial charge >= 0.3 is 0 Å². The van der Waals surface area contributed by atoms with E-state index in [2.05, 4.69) is 21.7 Å². The highest BCUT2D eigenvalue weighted by Gasteiger charge is 2.15. The van der Waals surface area contributed by atoms with E-state index in [0.717, 1.165) is 22.3 Å². The molecule has 0 saturated carbocycles. The maximum absolute atomic E-state index is 9.03. The van der Waals surface area contributed by atoms with Crippen LogP contribution in [0, 0.1) is 11.3 Å². The fourth-order valence-electron chi connectivity index (χ4n) is 1.83. The Morgan fingerprint density at radius 2 is 2.06 bits per heavy atom. The SMILES string of the molecule is CNc1nccc2ccc(NC(C)(C)C#N)cc12. The maximum Gasteiger partial charge on any atom is 0.133 e. The molecule has 0 atom stereocenters. The average Bonchev–Trinajstić information content (AvgIpc) is 2.37. The number of nitrogens with one attached hydrogen (secondary N) is 2. The maximum atomic E-state index is 9.03. The molecule has 92 valence electrons. The van der Waals surface area contributed by atoms with E-state index in [1.807, 2.05) is 45.2 Å². The van der Waals surface area contributed by atoms with Gasteiger partial charge in [0, 0.05) is 24.3 Å². The molecular weight excluding hydrogens is 224 g/mol. The second kappa shape index (κ2) is 4.53. The quantitative estimate of drug-likeness (QED) is 0.865. The lowest BCUT2D eigenvalue weighted by Crippen LogP contribution is -2.28. The first-order valence-electron chi connectivity index (χ1n) is 5.82. The zero-order chi connectivity index (χ0) is 13.2. The Bertz CT molecular complexity index is 611. The molecule has 0 bridgehead atoms. The minimum Gasteiger partial charge on any atom is -0.373 e. The molecule has 0 spiro atoms. The molecule has 2 rings (SSSR count). The summed E-state index contributed by atoms with van der Waals surface area (Å²) in [4.78, 5) is 4.28. The summed E-state index contributed by atoms with van der Waals surface area (Å²) in [7, 11) is 1.85. The molecule has 4 heteroatoms. The van der Waals surface area contributed by atoms with E-state index < -0.39 is 5.54 Å². The number of fused-ring (bicyclic) bond motifs is 1. The third kappa shape index (κ3) is 2.35. The molecule has 18 heavy (non-hydrogen) atoms. The lowest BCUT2D eigenvalue weighted by Gasteiger charge is -2.19. The van der Waals surface area contributed by atoms with Crippen LogP contribution < -0.4 is 10.6 Å². The molecule has 2 N–H and O–H groups in total. The molecule has 2 aromatic rings. The van der Waals surface area contributed by atoms with Gasteiger partial charge in [0.1, 0.15) is 11.4 Å². The number of nitrogens with zero attached hydrogens (tertiary/aromatic N) is 2. The molecule has 0 unspecified atom stereocenters. The molecule has 1 aromatic carbocycles. The Morgan fingerprint density at radius 1 is 1.28 bits per heavy atom. The van der Waals surface area contributed by atoms with Crippen LogP contribution in [-0.4, -0.2) is 17.6 Å². The molecular formula is C14H16N4. The number of hydrogen-bond donors (Lipinski definition) is 2. The topological polar surface area (TPSA) is 60.7 Å². The zero-order valence-electron chi connectivity index (χ0n) is 10.8. The molecule has 0 radical (unpaired) electrons. The number of aromatic nitrogens is 1. The molecule has 0 amide bonds. The minimum absolute atomic E-state index is 0.588. The van der Waals surface area contributed by atoms with Crippen LogP contribution in [0.25, 0.3) is 10.8 Å². The molecule has 1 heterocycles. The number of nitriles is 1. The van der Waals surface area contributed by atoms with Gasteiger partial charge < -0.3 is 10.6 Å². The zero-order valence-corrected chi connectivity index (χ0v) is 10.8. The van der Waals surface area contributed by atoms with E-state index in [0.29, 0.717) is 0 Å². The van der Waals surface area contributed by atoms with Crippen LogP contribution in [0.3, 0.4) is 0 Å². The van der Waals surface area contributed by atoms with Gasteiger partial charge in [-0.05, 0) is 37.4 Å². The van der Waals surface area contributed by atoms with Gasteiger partial charge in [-0.25, -0.2) is 4.98 Å². The number of benzene rings is 1. The fourth-order valence-corrected chi connectivity index (χ4v) is 1.83. The van der Waals surface area contributed by atoms with Gasteiger partial charge in [-0.3, -0.25) is 0 Å². The van der Waals surface area contributed by atoms with Crippen molar-refractivity contribution < 1.29 is 0 Å². The third-order valence-corrected chi connectivity index (χ3v) is 2.74. The summed E-state index contributed by atoms with van der Waals surface area (Å²) in [5.41, 5.74) is 0.328. The summed E-state index contributed by atoms with van der Waals surface area (Å²) in [6.45, 7) is 3.69. The first-order valence-corrected chi connectivity index (χ1v) is 5.82. The molecule has 0 saturated heterocycles. The summed E-state index contributed by atoms with van der Waals surface area (Å²) < 4.78 is 0. The van der Waals surface area contributed by atoms with Crippen molar-refractivity contribution >= 4 is 22.3 Å². The van der Waals surface area contributed by atoms with Crippen molar-refractivity contribution in [3.63, 3.8) is 0 Å². The van der Waals surface area contributed by atoms with E-state index in [1.54, 1.807) is 6.20 Å². The monoisotopic (exact) mass is 240 g/mol. The molecule has 4 nitrogen and oxygen atoms in total. The van der Waals surface area contributed by atoms with Gasteiger partial charge in [0.2, 0.25) is 0 Å². The van der Waals surface area contributed by atoms with Crippen molar-refractivity contribution in [3.8, 4) is 6.07 Å². The van der Waals surface area contributed by atoms with Gasteiger partial charge in [-0.1, -0.05) is 6.07 Å². The van der Waals surface area contributed by atoms with Crippen LogP contribution in [0.5, 0.6) is 0 Å². The first-order chi connectivity index (χ1) is 8.55. The average molecular weight is 240 g/mol. The second-order valence-corrected chi connectivity index (χ2v) is 4.71. The molecule has 1 aromatic heterocycles. The lowest BCUT2D eigenvalue weighted by molar-refractivity contribution is 0.729. The third-order valence-electron chi connectivity index (χ3n) is 2.74. The van der Waals surface area contributed by atoms with Crippen LogP contribution in [0.1, 0.15) is 13.8 Å². The minimum atomic E-state index is -0.588. The van der Waals surface area contributed by atoms with Gasteiger partial charge in [0.25, 0.3) is 0 Å². The van der Waals surface area contributed by atoms with Gasteiger partial charge in [-0.15, -0.1) is 0 Å². The van der Waals surface area contributed by atoms with E-state index in [4.69, 9.17) is 5.26 Å². The number of pyridine rings is 1. The van der Waals surface area contributed by atoms with Crippen molar-refractivity contribution in [1.29, 1.82) is 5.26 Å². The molecule has 0 aliphatic carbocycles. The van der Waals surface area contributed by atoms with E-state index >= 15 is 0 Å². The van der Waals surface area contributed by atoms with Crippen molar-refractivity contribution in [1.82, 2.24) is 4.98 Å². The predicted octanol–water partition coefficient (Wildman–Crippen LogP) is 2.99. The summed E-state index contributed by atoms with van der Waals surface area (Å²) in [6.07, 6.45) is 1.78. The van der Waals surface area contributed by atoms with Crippen molar-refractivity contribution in [3.05, 3.63) is 30.5 Å². The Morgan fingerprint density at radius 3 is 2.72 bits per heavy atom. The van der Waals surface area contributed by atoms with Crippen molar-refractivity contribution in [2.45, 2.75) is 19.4 Å². The summed E-state index contributed by atoms with van der Waals surface area (Å²) in [5, 5.41) is 17.5. The smallest absolute Gasteiger partial charge is 0.133 e. The van der Waals surface area contributed by atoms with Gasteiger partial charge in [0.05, 0.1) is 6.07 Å². The summed E-state index contributed by atoms with van der Waals surface area (Å²) in [5.74, 6) is 0.839. The molecule has 0 aliphatic rings. The van der Waals surface area contributed by atoms with Crippen molar-refractivity contribution in [2.24, 2.45) is 0 Å². The largest absolute Gasteiger partial charge is 0.373 e. The van der Waals surface area contributed by atoms with Crippen LogP contribution in [-0.2, 0) is 0 Å². The Kier molecular flexibility index (Phi) is 3.07. The highest BCUT2D eigenvalue weighted by Crippen LogP contribution is 2.25. The van der Waals surface area contributed by atoms with Crippen LogP contribution >= 0.6 is 0 Å². The number of anilines is 2. The number of rotatable bonds is 3. The summed E-state index contributed by atoms with van der Waals surface area (Å²) >= 11 is 0. The summed E-state index contributed by atoms with van der Waals surface area (Å²) in [6, 6.07) is 10.2. The Hall–Kier alpha value is -2.28. The molecule has 0 fully saturated rings. The van der Waals surface area contributed by atoms with Crippen LogP contribution in [0.2, 0.25) is 0 Å². The van der Waals surface area contributed by atoms with Crippen molar-refractivity contribution in [2.75, 3.05) is 17.7 Å². The highest BCUT2D eigenvalue weighted by atomic mass is 15.0. The van der Waals surface area contributed by atoms with Crippen LogP contribution in [0.15, 0.2) is 30.5 Å². The van der Waals surface area contributed by atoms with Crippen LogP contribution in [0.4, 0.5) is 11.5 Å². The second-order valence-electron chi connectivity index (χ2n) is 4.71. The van der Waals surface area contributed by atoms with Gasteiger partial charge in [-0.2, -0.15) is 5.26 Å². The first kappa shape index (κ1) is 12.2. The van der Waals surface area contributed by atoms with Gasteiger partial charge in [0.15, 0.2) is 0 Å². The van der Waals surface area contributed by atoms with E-state index in [-0.39, 0.29) is 0 Å². The number of hydrogen-bond acceptors (Lipinski definition) is 4. The normalized spacial score (nSPS) is 11.0. The lowest BCUT2D eigenvalue weighted by atomic mass is 10.1. The predicted molar refractivity (Wildman–Crippen MR) is 74.6 cm³/mol. The highest BCUT2D eigenvalue weighted by molar-refractivity contribution is 5.94. The standard InChI is InChI=1S/C14H16N4/c1-14(2,9-15)18-11-5-4-10-6-7-17-13(16-3)12(10)8-11/h4-8,18H,1-3H3,(H,16,17). The Labute approximate surface area is 107 Å². The van der Waals surface area contributed by atoms with E-state index in [9.17, 15) is 0 Å². The fraction of sp³-hybridized carbons (Fsp3) is 0.286. The molecule has 0 aliphatic heterocycles. The Balaban J connectivity index is 2.47. The van der Waals surface area contributed by atoms with E-state index in [1.165, 1.54) is 0 Å².